The van der Waals surface area contributed by atoms with Gasteiger partial charge in [-0.2, -0.15) is 0 Å². The highest BCUT2D eigenvalue weighted by Gasteiger charge is 2.36. The maximum absolute atomic E-state index is 13.5. The van der Waals surface area contributed by atoms with Gasteiger partial charge in [0.1, 0.15) is 5.82 Å². The fraction of sp³-hybridized carbons (Fsp3) is 0.318. The first-order chi connectivity index (χ1) is 14.1. The van der Waals surface area contributed by atoms with E-state index in [1.54, 1.807) is 16.8 Å². The number of fused-ring (bicyclic) bond motifs is 1. The number of para-hydroxylation sites is 1. The van der Waals surface area contributed by atoms with E-state index in [2.05, 4.69) is 27.3 Å². The van der Waals surface area contributed by atoms with Crippen molar-refractivity contribution in [2.75, 3.05) is 25.0 Å². The van der Waals surface area contributed by atoms with Gasteiger partial charge in [-0.15, -0.1) is 5.10 Å². The molecule has 29 heavy (non-hydrogen) atoms. The van der Waals surface area contributed by atoms with Crippen LogP contribution in [0.15, 0.2) is 48.5 Å². The molecule has 1 aliphatic heterocycles. The van der Waals surface area contributed by atoms with Crippen molar-refractivity contribution < 1.29 is 9.18 Å². The fourth-order valence-corrected chi connectivity index (χ4v) is 3.95. The van der Waals surface area contributed by atoms with Gasteiger partial charge < -0.3 is 9.80 Å². The molecule has 3 aromatic rings. The van der Waals surface area contributed by atoms with Gasteiger partial charge in [0, 0.05) is 38.3 Å². The van der Waals surface area contributed by atoms with Crippen LogP contribution >= 0.6 is 0 Å². The molecule has 0 unspecified atom stereocenters. The Morgan fingerprint density at radius 2 is 1.83 bits per heavy atom. The Kier molecular flexibility index (Phi) is 4.30. The summed E-state index contributed by atoms with van der Waals surface area (Å²) in [5.41, 5.74) is 4.26. The van der Waals surface area contributed by atoms with Crippen molar-refractivity contribution >= 4 is 11.6 Å². The Balaban J connectivity index is 1.50. The van der Waals surface area contributed by atoms with Crippen LogP contribution in [0, 0.1) is 5.82 Å². The third-order valence-corrected chi connectivity index (χ3v) is 5.70. The van der Waals surface area contributed by atoms with Crippen LogP contribution in [0.1, 0.15) is 40.5 Å². The molecule has 1 amide bonds. The summed E-state index contributed by atoms with van der Waals surface area (Å²) in [6.07, 6.45) is 2.03. The number of amides is 1. The van der Waals surface area contributed by atoms with Crippen molar-refractivity contribution in [1.82, 2.24) is 19.9 Å². The number of benzene rings is 2. The molecule has 0 N–H and O–H groups in total. The highest BCUT2D eigenvalue weighted by atomic mass is 19.1. The van der Waals surface area contributed by atoms with E-state index in [-0.39, 0.29) is 17.6 Å². The van der Waals surface area contributed by atoms with Crippen LogP contribution in [-0.2, 0) is 6.54 Å². The average Bonchev–Trinajstić information content (AvgIpc) is 3.51. The van der Waals surface area contributed by atoms with Gasteiger partial charge in [-0.3, -0.25) is 4.79 Å². The minimum atomic E-state index is -0.300. The molecule has 2 heterocycles. The van der Waals surface area contributed by atoms with E-state index in [1.165, 1.54) is 12.1 Å². The number of hydrogen-bond donors (Lipinski definition) is 0. The summed E-state index contributed by atoms with van der Waals surface area (Å²) >= 11 is 0. The lowest BCUT2D eigenvalue weighted by Gasteiger charge is -2.20. The molecular formula is C22H22FN5O. The van der Waals surface area contributed by atoms with E-state index >= 15 is 0 Å². The monoisotopic (exact) mass is 391 g/mol. The SMILES string of the molecule is CN1CCN(C(=O)c2nnn(-c3ccc(F)cc3)c2C2CC2)Cc2ccccc21. The molecule has 1 aromatic heterocycles. The molecule has 0 radical (unpaired) electrons. The van der Waals surface area contributed by atoms with E-state index in [1.807, 2.05) is 24.1 Å². The number of nitrogens with zero attached hydrogens (tertiary/aromatic N) is 5. The van der Waals surface area contributed by atoms with E-state index in [9.17, 15) is 9.18 Å². The van der Waals surface area contributed by atoms with Crippen LogP contribution in [0.5, 0.6) is 0 Å². The Bertz CT molecular complexity index is 1060. The maximum Gasteiger partial charge on any atom is 0.276 e. The van der Waals surface area contributed by atoms with Crippen molar-refractivity contribution in [2.24, 2.45) is 0 Å². The number of halogens is 1. The Morgan fingerprint density at radius 1 is 1.07 bits per heavy atom. The summed E-state index contributed by atoms with van der Waals surface area (Å²) in [7, 11) is 2.05. The van der Waals surface area contributed by atoms with Gasteiger partial charge in [0.15, 0.2) is 5.69 Å². The molecule has 1 aliphatic carbocycles. The highest BCUT2D eigenvalue weighted by molar-refractivity contribution is 5.94. The van der Waals surface area contributed by atoms with Gasteiger partial charge in [0.25, 0.3) is 5.91 Å². The second-order valence-electron chi connectivity index (χ2n) is 7.76. The van der Waals surface area contributed by atoms with Crippen molar-refractivity contribution in [3.8, 4) is 5.69 Å². The fourth-order valence-electron chi connectivity index (χ4n) is 3.95. The summed E-state index contributed by atoms with van der Waals surface area (Å²) in [5.74, 6) is -0.119. The average molecular weight is 391 g/mol. The lowest BCUT2D eigenvalue weighted by atomic mass is 10.1. The van der Waals surface area contributed by atoms with Crippen LogP contribution in [0.3, 0.4) is 0 Å². The molecule has 6 nitrogen and oxygen atoms in total. The normalized spacial score (nSPS) is 16.5. The van der Waals surface area contributed by atoms with Gasteiger partial charge in [0.2, 0.25) is 0 Å². The van der Waals surface area contributed by atoms with E-state index in [4.69, 9.17) is 0 Å². The molecule has 148 valence electrons. The number of anilines is 1. The summed E-state index contributed by atoms with van der Waals surface area (Å²) < 4.78 is 15.0. The molecule has 0 bridgehead atoms. The number of hydrogen-bond acceptors (Lipinski definition) is 4. The number of rotatable bonds is 3. The smallest absolute Gasteiger partial charge is 0.276 e. The largest absolute Gasteiger partial charge is 0.373 e. The van der Waals surface area contributed by atoms with Crippen LogP contribution in [0.25, 0.3) is 5.69 Å². The Labute approximate surface area is 168 Å². The molecule has 0 saturated heterocycles. The summed E-state index contributed by atoms with van der Waals surface area (Å²) in [4.78, 5) is 17.5. The summed E-state index contributed by atoms with van der Waals surface area (Å²) in [6.45, 7) is 1.93. The molecule has 7 heteroatoms. The Hall–Kier alpha value is -3.22. The lowest BCUT2D eigenvalue weighted by Crippen LogP contribution is -2.35. The molecule has 0 spiro atoms. The molecule has 5 rings (SSSR count). The minimum absolute atomic E-state index is 0.0923. The minimum Gasteiger partial charge on any atom is -0.373 e. The zero-order valence-corrected chi connectivity index (χ0v) is 16.3. The standard InChI is InChI=1S/C22H22FN5O/c1-26-12-13-27(14-16-4-2-3-5-19(16)26)22(29)20-21(15-6-7-15)28(25-24-20)18-10-8-17(23)9-11-18/h2-5,8-11,15H,6-7,12-14H2,1H3. The maximum atomic E-state index is 13.5. The van der Waals surface area contributed by atoms with Crippen molar-refractivity contribution in [3.05, 3.63) is 71.3 Å². The van der Waals surface area contributed by atoms with Crippen molar-refractivity contribution in [2.45, 2.75) is 25.3 Å². The molecule has 0 atom stereocenters. The number of carbonyl (C=O) groups is 1. The van der Waals surface area contributed by atoms with Crippen molar-refractivity contribution in [3.63, 3.8) is 0 Å². The van der Waals surface area contributed by atoms with E-state index < -0.39 is 0 Å². The van der Waals surface area contributed by atoms with Gasteiger partial charge in [0.05, 0.1) is 11.4 Å². The molecule has 2 aromatic carbocycles. The van der Waals surface area contributed by atoms with E-state index in [0.717, 1.165) is 42.0 Å². The highest BCUT2D eigenvalue weighted by Crippen LogP contribution is 2.42. The van der Waals surface area contributed by atoms with Gasteiger partial charge >= 0.3 is 0 Å². The Morgan fingerprint density at radius 3 is 2.59 bits per heavy atom. The number of aromatic nitrogens is 3. The van der Waals surface area contributed by atoms with E-state index in [0.29, 0.717) is 18.8 Å². The van der Waals surface area contributed by atoms with Crippen LogP contribution in [0.2, 0.25) is 0 Å². The molecule has 1 fully saturated rings. The molecule has 1 saturated carbocycles. The van der Waals surface area contributed by atoms with Crippen LogP contribution < -0.4 is 4.90 Å². The van der Waals surface area contributed by atoms with Crippen LogP contribution in [-0.4, -0.2) is 45.9 Å². The topological polar surface area (TPSA) is 54.3 Å². The second kappa shape index (κ2) is 6.99. The van der Waals surface area contributed by atoms with Crippen molar-refractivity contribution in [1.29, 1.82) is 0 Å². The predicted octanol–water partition coefficient (Wildman–Crippen LogP) is 3.38. The first-order valence-electron chi connectivity index (χ1n) is 9.91. The van der Waals surface area contributed by atoms with Crippen LogP contribution in [0.4, 0.5) is 10.1 Å². The number of likely N-dealkylation sites (N-methyl/N-ethyl adjacent to an activating group) is 1. The second-order valence-corrected chi connectivity index (χ2v) is 7.76. The lowest BCUT2D eigenvalue weighted by molar-refractivity contribution is 0.0744. The van der Waals surface area contributed by atoms with Gasteiger partial charge in [-0.25, -0.2) is 9.07 Å². The third-order valence-electron chi connectivity index (χ3n) is 5.70. The predicted molar refractivity (Wildman–Crippen MR) is 108 cm³/mol. The third kappa shape index (κ3) is 3.26. The quantitative estimate of drug-likeness (QED) is 0.687. The molecule has 2 aliphatic rings. The van der Waals surface area contributed by atoms with Gasteiger partial charge in [-0.1, -0.05) is 23.4 Å². The first kappa shape index (κ1) is 17.8. The first-order valence-corrected chi connectivity index (χ1v) is 9.91. The summed E-state index contributed by atoms with van der Waals surface area (Å²) in [5, 5.41) is 8.53. The summed E-state index contributed by atoms with van der Waals surface area (Å²) in [6, 6.07) is 14.3. The molecular weight excluding hydrogens is 369 g/mol. The zero-order chi connectivity index (χ0) is 20.0. The zero-order valence-electron chi connectivity index (χ0n) is 16.3. The van der Waals surface area contributed by atoms with Gasteiger partial charge in [-0.05, 0) is 48.7 Å². The number of carbonyl (C=O) groups excluding carboxylic acids is 1.